The standard InChI is InChI=1S/C13H17F3N2OS/c1-2-17-10-5-6-19-8-11(10)20-12-4-3-9(7-18-12)13(14,15)16/h3-4,7,10-11,17H,2,5-6,8H2,1H3. The van der Waals surface area contributed by atoms with E-state index >= 15 is 0 Å². The molecule has 1 aliphatic rings. The third kappa shape index (κ3) is 4.10. The van der Waals surface area contributed by atoms with Crippen LogP contribution in [0.3, 0.4) is 0 Å². The largest absolute Gasteiger partial charge is 0.417 e. The van der Waals surface area contributed by atoms with Gasteiger partial charge in [0, 0.05) is 24.1 Å². The summed E-state index contributed by atoms with van der Waals surface area (Å²) < 4.78 is 42.8. The Morgan fingerprint density at radius 3 is 2.85 bits per heavy atom. The molecule has 1 N–H and O–H groups in total. The second-order valence-electron chi connectivity index (χ2n) is 4.57. The van der Waals surface area contributed by atoms with Crippen LogP contribution in [0.1, 0.15) is 18.9 Å². The molecule has 2 unspecified atom stereocenters. The highest BCUT2D eigenvalue weighted by molar-refractivity contribution is 8.00. The number of thioether (sulfide) groups is 1. The molecule has 20 heavy (non-hydrogen) atoms. The number of rotatable bonds is 4. The fourth-order valence-corrected chi connectivity index (χ4v) is 3.23. The van der Waals surface area contributed by atoms with E-state index in [1.807, 2.05) is 6.92 Å². The van der Waals surface area contributed by atoms with Gasteiger partial charge in [-0.25, -0.2) is 4.98 Å². The Hall–Kier alpha value is -0.790. The molecule has 2 rings (SSSR count). The summed E-state index contributed by atoms with van der Waals surface area (Å²) in [5.74, 6) is 0. The van der Waals surface area contributed by atoms with E-state index in [2.05, 4.69) is 10.3 Å². The van der Waals surface area contributed by atoms with Crippen molar-refractivity contribution in [3.05, 3.63) is 23.9 Å². The average Bonchev–Trinajstić information content (AvgIpc) is 2.41. The molecule has 7 heteroatoms. The van der Waals surface area contributed by atoms with Crippen molar-refractivity contribution in [3.63, 3.8) is 0 Å². The van der Waals surface area contributed by atoms with Crippen LogP contribution in [0.5, 0.6) is 0 Å². The molecule has 0 spiro atoms. The number of hydrogen-bond acceptors (Lipinski definition) is 4. The first-order valence-electron chi connectivity index (χ1n) is 6.51. The average molecular weight is 306 g/mol. The minimum atomic E-state index is -4.34. The van der Waals surface area contributed by atoms with Gasteiger partial charge in [-0.05, 0) is 25.1 Å². The molecule has 1 aromatic rings. The third-order valence-corrected chi connectivity index (χ3v) is 4.36. The zero-order valence-corrected chi connectivity index (χ0v) is 11.9. The summed E-state index contributed by atoms with van der Waals surface area (Å²) >= 11 is 1.47. The van der Waals surface area contributed by atoms with Gasteiger partial charge in [-0.2, -0.15) is 13.2 Å². The van der Waals surface area contributed by atoms with Crippen LogP contribution in [0.25, 0.3) is 0 Å². The van der Waals surface area contributed by atoms with Crippen LogP contribution in [-0.2, 0) is 10.9 Å². The van der Waals surface area contributed by atoms with Crippen molar-refractivity contribution in [1.82, 2.24) is 10.3 Å². The predicted octanol–water partition coefficient (Wildman–Crippen LogP) is 2.96. The molecule has 112 valence electrons. The smallest absolute Gasteiger partial charge is 0.380 e. The lowest BCUT2D eigenvalue weighted by Gasteiger charge is -2.31. The van der Waals surface area contributed by atoms with Crippen molar-refractivity contribution < 1.29 is 17.9 Å². The van der Waals surface area contributed by atoms with Crippen LogP contribution in [0.15, 0.2) is 23.4 Å². The molecule has 0 bridgehead atoms. The molecule has 1 aromatic heterocycles. The van der Waals surface area contributed by atoms with E-state index in [1.54, 1.807) is 0 Å². The lowest BCUT2D eigenvalue weighted by Crippen LogP contribution is -2.44. The second-order valence-corrected chi connectivity index (χ2v) is 5.83. The summed E-state index contributed by atoms with van der Waals surface area (Å²) in [6, 6.07) is 2.80. The van der Waals surface area contributed by atoms with E-state index in [1.165, 1.54) is 17.8 Å². The molecular formula is C13H17F3N2OS. The Morgan fingerprint density at radius 2 is 2.25 bits per heavy atom. The van der Waals surface area contributed by atoms with E-state index in [4.69, 9.17) is 4.74 Å². The van der Waals surface area contributed by atoms with Gasteiger partial charge in [0.1, 0.15) is 0 Å². The number of ether oxygens (including phenoxy) is 1. The van der Waals surface area contributed by atoms with Gasteiger partial charge >= 0.3 is 6.18 Å². The highest BCUT2D eigenvalue weighted by atomic mass is 32.2. The van der Waals surface area contributed by atoms with Crippen molar-refractivity contribution in [1.29, 1.82) is 0 Å². The molecule has 2 heterocycles. The van der Waals surface area contributed by atoms with Crippen molar-refractivity contribution in [2.45, 2.75) is 35.8 Å². The van der Waals surface area contributed by atoms with Gasteiger partial charge in [0.15, 0.2) is 0 Å². The maximum atomic E-state index is 12.5. The molecule has 0 amide bonds. The fraction of sp³-hybridized carbons (Fsp3) is 0.615. The molecule has 1 aliphatic heterocycles. The third-order valence-electron chi connectivity index (χ3n) is 3.11. The van der Waals surface area contributed by atoms with Gasteiger partial charge in [0.25, 0.3) is 0 Å². The van der Waals surface area contributed by atoms with Gasteiger partial charge in [-0.3, -0.25) is 0 Å². The van der Waals surface area contributed by atoms with Crippen LogP contribution >= 0.6 is 11.8 Å². The number of nitrogens with one attached hydrogen (secondary N) is 1. The highest BCUT2D eigenvalue weighted by Gasteiger charge is 2.31. The molecule has 1 fully saturated rings. The highest BCUT2D eigenvalue weighted by Crippen LogP contribution is 2.31. The first-order chi connectivity index (χ1) is 9.50. The van der Waals surface area contributed by atoms with Crippen LogP contribution in [0.4, 0.5) is 13.2 Å². The Labute approximate surface area is 120 Å². The van der Waals surface area contributed by atoms with E-state index < -0.39 is 11.7 Å². The summed E-state index contributed by atoms with van der Waals surface area (Å²) in [4.78, 5) is 3.89. The number of alkyl halides is 3. The van der Waals surface area contributed by atoms with E-state index in [0.29, 0.717) is 17.7 Å². The molecular weight excluding hydrogens is 289 g/mol. The van der Waals surface area contributed by atoms with Crippen molar-refractivity contribution in [3.8, 4) is 0 Å². The molecule has 2 atom stereocenters. The first-order valence-corrected chi connectivity index (χ1v) is 7.39. The van der Waals surface area contributed by atoms with Gasteiger partial charge in [-0.15, -0.1) is 0 Å². The Morgan fingerprint density at radius 1 is 1.45 bits per heavy atom. The molecule has 0 radical (unpaired) electrons. The van der Waals surface area contributed by atoms with E-state index in [-0.39, 0.29) is 5.25 Å². The maximum Gasteiger partial charge on any atom is 0.417 e. The van der Waals surface area contributed by atoms with Crippen LogP contribution in [0, 0.1) is 0 Å². The summed E-state index contributed by atoms with van der Waals surface area (Å²) in [7, 11) is 0. The minimum absolute atomic E-state index is 0.174. The fourth-order valence-electron chi connectivity index (χ4n) is 2.10. The maximum absolute atomic E-state index is 12.5. The second kappa shape index (κ2) is 6.78. The van der Waals surface area contributed by atoms with Crippen molar-refractivity contribution in [2.75, 3.05) is 19.8 Å². The van der Waals surface area contributed by atoms with Crippen LogP contribution in [0.2, 0.25) is 0 Å². The van der Waals surface area contributed by atoms with Crippen molar-refractivity contribution in [2.24, 2.45) is 0 Å². The first kappa shape index (κ1) is 15.6. The quantitative estimate of drug-likeness (QED) is 0.927. The lowest BCUT2D eigenvalue weighted by atomic mass is 10.1. The van der Waals surface area contributed by atoms with Gasteiger partial charge in [0.2, 0.25) is 0 Å². The molecule has 1 saturated heterocycles. The zero-order valence-electron chi connectivity index (χ0n) is 11.1. The Bertz CT molecular complexity index is 423. The molecule has 0 aliphatic carbocycles. The predicted molar refractivity (Wildman–Crippen MR) is 71.8 cm³/mol. The van der Waals surface area contributed by atoms with Gasteiger partial charge in [-0.1, -0.05) is 18.7 Å². The SMILES string of the molecule is CCNC1CCOCC1Sc1ccc(C(F)(F)F)cn1. The zero-order chi connectivity index (χ0) is 14.6. The number of nitrogens with zero attached hydrogens (tertiary/aromatic N) is 1. The Balaban J connectivity index is 2.01. The summed E-state index contributed by atoms with van der Waals surface area (Å²) in [6.45, 7) is 4.20. The lowest BCUT2D eigenvalue weighted by molar-refractivity contribution is -0.137. The molecule has 0 saturated carbocycles. The Kier molecular flexibility index (Phi) is 5.29. The van der Waals surface area contributed by atoms with Crippen molar-refractivity contribution >= 4 is 11.8 Å². The van der Waals surface area contributed by atoms with Crippen LogP contribution in [-0.4, -0.2) is 36.0 Å². The van der Waals surface area contributed by atoms with E-state index in [9.17, 15) is 13.2 Å². The topological polar surface area (TPSA) is 34.1 Å². The van der Waals surface area contributed by atoms with Gasteiger partial charge in [0.05, 0.1) is 17.2 Å². The van der Waals surface area contributed by atoms with E-state index in [0.717, 1.165) is 31.8 Å². The number of aromatic nitrogens is 1. The van der Waals surface area contributed by atoms with Crippen LogP contribution < -0.4 is 5.32 Å². The summed E-state index contributed by atoms with van der Waals surface area (Å²) in [6.07, 6.45) is -2.54. The number of pyridine rings is 1. The van der Waals surface area contributed by atoms with Gasteiger partial charge < -0.3 is 10.1 Å². The summed E-state index contributed by atoms with van der Waals surface area (Å²) in [5, 5.41) is 4.15. The summed E-state index contributed by atoms with van der Waals surface area (Å²) in [5.41, 5.74) is -0.718. The number of hydrogen-bond donors (Lipinski definition) is 1. The molecule has 0 aromatic carbocycles. The monoisotopic (exact) mass is 306 g/mol. The normalized spacial score (nSPS) is 23.8. The molecule has 3 nitrogen and oxygen atoms in total. The number of halogens is 3. The minimum Gasteiger partial charge on any atom is -0.380 e.